The van der Waals surface area contributed by atoms with Gasteiger partial charge in [0, 0.05) is 5.56 Å². The van der Waals surface area contributed by atoms with Crippen LogP contribution in [0.1, 0.15) is 26.3 Å². The van der Waals surface area contributed by atoms with Crippen LogP contribution in [0.25, 0.3) is 0 Å². The van der Waals surface area contributed by atoms with Crippen LogP contribution in [0.3, 0.4) is 0 Å². The highest BCUT2D eigenvalue weighted by Crippen LogP contribution is 2.38. The first kappa shape index (κ1) is 21.6. The predicted molar refractivity (Wildman–Crippen MR) is 123 cm³/mol. The molecule has 0 spiro atoms. The summed E-state index contributed by atoms with van der Waals surface area (Å²) in [6, 6.07) is 12.4. The Bertz CT molecular complexity index is 822. The molecule has 0 heterocycles. The second-order valence-corrected chi connectivity index (χ2v) is 20.5. The Morgan fingerprint density at radius 2 is 1.30 bits per heavy atom. The monoisotopic (exact) mass is 398 g/mol. The number of rotatable bonds is 4. The Morgan fingerprint density at radius 3 is 1.74 bits per heavy atom. The van der Waals surface area contributed by atoms with E-state index in [4.69, 9.17) is 0 Å². The Morgan fingerprint density at radius 1 is 0.778 bits per heavy atom. The number of hydrogen-bond acceptors (Lipinski definition) is 3. The first-order valence-corrected chi connectivity index (χ1v) is 16.6. The summed E-state index contributed by atoms with van der Waals surface area (Å²) in [6.07, 6.45) is 0. The van der Waals surface area contributed by atoms with Crippen molar-refractivity contribution in [2.75, 3.05) is 0 Å². The van der Waals surface area contributed by atoms with Gasteiger partial charge in [-0.25, -0.2) is 0 Å². The minimum atomic E-state index is -1.46. The molecule has 2 rings (SSSR count). The largest absolute Gasteiger partial charge is 0.505 e. The summed E-state index contributed by atoms with van der Waals surface area (Å²) in [5.74, 6) is 0.223. The molecule has 0 radical (unpaired) electrons. The van der Waals surface area contributed by atoms with Crippen LogP contribution in [0.15, 0.2) is 46.6 Å². The fraction of sp³-hybridized carbons (Fsp3) is 0.455. The maximum absolute atomic E-state index is 10.6. The second-order valence-electron chi connectivity index (χ2n) is 10.4. The average molecular weight is 399 g/mol. The molecule has 0 atom stereocenters. The van der Waals surface area contributed by atoms with E-state index in [1.165, 1.54) is 10.4 Å². The van der Waals surface area contributed by atoms with Gasteiger partial charge in [0.25, 0.3) is 0 Å². The van der Waals surface area contributed by atoms with E-state index in [0.29, 0.717) is 5.69 Å². The molecular weight excluding hydrogens is 364 g/mol. The number of aromatic hydroxyl groups is 1. The quantitative estimate of drug-likeness (QED) is 0.484. The third-order valence-electron chi connectivity index (χ3n) is 4.75. The van der Waals surface area contributed by atoms with Crippen molar-refractivity contribution in [1.82, 2.24) is 0 Å². The summed E-state index contributed by atoms with van der Waals surface area (Å²) in [5.41, 5.74) is 2.15. The van der Waals surface area contributed by atoms with E-state index in [9.17, 15) is 5.11 Å². The van der Waals surface area contributed by atoms with Gasteiger partial charge in [-0.15, -0.1) is 5.11 Å². The summed E-state index contributed by atoms with van der Waals surface area (Å²) in [7, 11) is -2.91. The number of benzene rings is 2. The van der Waals surface area contributed by atoms with Crippen LogP contribution in [0.5, 0.6) is 5.75 Å². The van der Waals surface area contributed by atoms with Crippen molar-refractivity contribution < 1.29 is 5.11 Å². The fourth-order valence-corrected chi connectivity index (χ4v) is 5.35. The van der Waals surface area contributed by atoms with E-state index in [2.05, 4.69) is 88.5 Å². The zero-order valence-electron chi connectivity index (χ0n) is 18.3. The zero-order chi connectivity index (χ0) is 20.6. The highest BCUT2D eigenvalue weighted by molar-refractivity contribution is 6.91. The first-order valence-electron chi connectivity index (χ1n) is 9.60. The third kappa shape index (κ3) is 5.39. The van der Waals surface area contributed by atoms with Crippen LogP contribution >= 0.6 is 0 Å². The maximum atomic E-state index is 10.6. The van der Waals surface area contributed by atoms with E-state index in [1.807, 2.05) is 18.2 Å². The lowest BCUT2D eigenvalue weighted by molar-refractivity contribution is 0.448. The molecule has 3 nitrogen and oxygen atoms in total. The molecule has 0 saturated carbocycles. The second kappa shape index (κ2) is 7.36. The highest BCUT2D eigenvalue weighted by Gasteiger charge is 2.23. The molecule has 0 aromatic heterocycles. The van der Waals surface area contributed by atoms with Gasteiger partial charge in [-0.3, -0.25) is 0 Å². The molecule has 27 heavy (non-hydrogen) atoms. The Balaban J connectivity index is 2.52. The lowest BCUT2D eigenvalue weighted by Crippen LogP contribution is -2.44. The topological polar surface area (TPSA) is 45.0 Å². The summed E-state index contributed by atoms with van der Waals surface area (Å²) in [4.78, 5) is 0. The smallest absolute Gasteiger partial charge is 0.146 e. The number of phenols is 1. The molecule has 0 aliphatic carbocycles. The number of azo groups is 1. The lowest BCUT2D eigenvalue weighted by atomic mass is 9.86. The van der Waals surface area contributed by atoms with Crippen LogP contribution in [0, 0.1) is 0 Å². The Kier molecular flexibility index (Phi) is 5.88. The molecule has 0 aliphatic heterocycles. The van der Waals surface area contributed by atoms with Crippen LogP contribution in [-0.4, -0.2) is 21.3 Å². The number of para-hydroxylation sites is 1. The number of phenolic OH excluding ortho intramolecular Hbond substituents is 1. The maximum Gasteiger partial charge on any atom is 0.146 e. The van der Waals surface area contributed by atoms with E-state index in [1.54, 1.807) is 0 Å². The minimum Gasteiger partial charge on any atom is -0.505 e. The third-order valence-corrected chi connectivity index (χ3v) is 8.79. The van der Waals surface area contributed by atoms with Gasteiger partial charge in [-0.05, 0) is 23.6 Å². The Hall–Kier alpha value is -1.73. The molecule has 0 saturated heterocycles. The van der Waals surface area contributed by atoms with Crippen LogP contribution in [0.2, 0.25) is 39.3 Å². The van der Waals surface area contributed by atoms with E-state index in [0.717, 1.165) is 11.3 Å². The van der Waals surface area contributed by atoms with Crippen LogP contribution in [0.4, 0.5) is 11.4 Å². The van der Waals surface area contributed by atoms with Crippen molar-refractivity contribution >= 4 is 37.9 Å². The van der Waals surface area contributed by atoms with Crippen LogP contribution < -0.4 is 10.4 Å². The van der Waals surface area contributed by atoms with Crippen molar-refractivity contribution in [1.29, 1.82) is 0 Å². The highest BCUT2D eigenvalue weighted by atomic mass is 28.3. The molecule has 146 valence electrons. The van der Waals surface area contributed by atoms with Gasteiger partial charge in [0.2, 0.25) is 0 Å². The fourth-order valence-electron chi connectivity index (χ4n) is 2.86. The van der Waals surface area contributed by atoms with Gasteiger partial charge in [0.1, 0.15) is 11.4 Å². The molecule has 0 bridgehead atoms. The van der Waals surface area contributed by atoms with Crippen molar-refractivity contribution in [2.24, 2.45) is 10.2 Å². The van der Waals surface area contributed by atoms with Gasteiger partial charge in [0.05, 0.1) is 21.8 Å². The van der Waals surface area contributed by atoms with Crippen LogP contribution in [-0.2, 0) is 5.41 Å². The van der Waals surface area contributed by atoms with E-state index in [-0.39, 0.29) is 11.2 Å². The van der Waals surface area contributed by atoms with Crippen molar-refractivity contribution in [2.45, 2.75) is 65.5 Å². The van der Waals surface area contributed by atoms with Crippen molar-refractivity contribution in [3.05, 3.63) is 42.0 Å². The van der Waals surface area contributed by atoms with Gasteiger partial charge in [0.15, 0.2) is 0 Å². The van der Waals surface area contributed by atoms with E-state index < -0.39 is 16.1 Å². The molecular formula is C22H34N2OSi2. The number of nitrogens with zero attached hydrogens (tertiary/aromatic N) is 2. The van der Waals surface area contributed by atoms with Crippen molar-refractivity contribution in [3.63, 3.8) is 0 Å². The molecule has 0 amide bonds. The molecule has 0 unspecified atom stereocenters. The molecule has 0 fully saturated rings. The SMILES string of the molecule is CC(C)(C)c1cccc(N=Nc2cc([Si](C)(C)C)cc([Si](C)(C)C)c2)c1O. The standard InChI is InChI=1S/C22H34N2OSi2/c1-22(2,3)19-11-10-12-20(21(19)25)24-23-16-13-17(26(4,5)6)15-18(14-16)27(7,8)9/h10-15,25H,1-9H3. The van der Waals surface area contributed by atoms with Gasteiger partial charge in [-0.1, -0.05) is 88.6 Å². The van der Waals surface area contributed by atoms with Gasteiger partial charge < -0.3 is 5.11 Å². The molecule has 1 N–H and O–H groups in total. The summed E-state index contributed by atoms with van der Waals surface area (Å²) in [5, 5.41) is 22.4. The Labute approximate surface area is 166 Å². The molecule has 5 heteroatoms. The summed E-state index contributed by atoms with van der Waals surface area (Å²) in [6.45, 7) is 20.4. The molecule has 0 aliphatic rings. The predicted octanol–water partition coefficient (Wildman–Crippen LogP) is 6.20. The normalized spacial score (nSPS) is 13.4. The van der Waals surface area contributed by atoms with Gasteiger partial charge in [-0.2, -0.15) is 5.11 Å². The summed E-state index contributed by atoms with van der Waals surface area (Å²) < 4.78 is 0. The number of hydrogen-bond donors (Lipinski definition) is 1. The van der Waals surface area contributed by atoms with Gasteiger partial charge >= 0.3 is 0 Å². The van der Waals surface area contributed by atoms with E-state index >= 15 is 0 Å². The van der Waals surface area contributed by atoms with Crippen molar-refractivity contribution in [3.8, 4) is 5.75 Å². The lowest BCUT2D eigenvalue weighted by Gasteiger charge is -2.23. The molecule has 2 aromatic rings. The summed E-state index contributed by atoms with van der Waals surface area (Å²) >= 11 is 0. The first-order chi connectivity index (χ1) is 12.2. The minimum absolute atomic E-state index is 0.141. The average Bonchev–Trinajstić information content (AvgIpc) is 2.51. The molecule has 2 aromatic carbocycles. The zero-order valence-corrected chi connectivity index (χ0v) is 20.3.